The number of carbonyl (C=O) groups excluding carboxylic acids is 1. The van der Waals surface area contributed by atoms with Gasteiger partial charge >= 0.3 is 6.03 Å². The summed E-state index contributed by atoms with van der Waals surface area (Å²) < 4.78 is 0. The summed E-state index contributed by atoms with van der Waals surface area (Å²) in [7, 11) is 0. The Hall–Kier alpha value is -1.50. The van der Waals surface area contributed by atoms with E-state index in [0.717, 1.165) is 0 Å². The Morgan fingerprint density at radius 3 is 2.82 bits per heavy atom. The van der Waals surface area contributed by atoms with Crippen molar-refractivity contribution in [1.29, 1.82) is 5.26 Å². The minimum Gasteiger partial charge on any atom is -0.337 e. The zero-order valence-electron chi connectivity index (χ0n) is 6.48. The van der Waals surface area contributed by atoms with Gasteiger partial charge < -0.3 is 10.6 Å². The van der Waals surface area contributed by atoms with Crippen molar-refractivity contribution < 1.29 is 4.79 Å². The average molecular weight is 153 g/mol. The first-order valence-electron chi connectivity index (χ1n) is 3.24. The van der Waals surface area contributed by atoms with Crippen molar-refractivity contribution >= 4 is 6.03 Å². The maximum Gasteiger partial charge on any atom is 0.318 e. The minimum atomic E-state index is -0.312. The van der Waals surface area contributed by atoms with Gasteiger partial charge in [-0.2, -0.15) is 5.26 Å². The van der Waals surface area contributed by atoms with Crippen LogP contribution in [-0.4, -0.2) is 12.6 Å². The predicted octanol–water partition coefficient (Wildman–Crippen LogP) is 0.733. The first-order valence-corrected chi connectivity index (χ1v) is 3.24. The molecule has 0 saturated carbocycles. The molecule has 2 amide bonds. The van der Waals surface area contributed by atoms with Gasteiger partial charge in [-0.15, -0.1) is 0 Å². The van der Waals surface area contributed by atoms with E-state index in [1.54, 1.807) is 6.92 Å². The van der Waals surface area contributed by atoms with Crippen molar-refractivity contribution in [3.8, 4) is 6.07 Å². The highest BCUT2D eigenvalue weighted by molar-refractivity contribution is 5.75. The lowest BCUT2D eigenvalue weighted by molar-refractivity contribution is 0.243. The lowest BCUT2D eigenvalue weighted by Gasteiger charge is -2.03. The molecule has 0 aliphatic rings. The van der Waals surface area contributed by atoms with Crippen molar-refractivity contribution in [1.82, 2.24) is 10.6 Å². The third kappa shape index (κ3) is 6.38. The molecule has 4 nitrogen and oxygen atoms in total. The third-order valence-electron chi connectivity index (χ3n) is 0.849. The quantitative estimate of drug-likeness (QED) is 0.587. The second-order valence-corrected chi connectivity index (χ2v) is 2.07. The fourth-order valence-electron chi connectivity index (χ4n) is 0.470. The Balaban J connectivity index is 3.39. The van der Waals surface area contributed by atoms with Gasteiger partial charge in [0.1, 0.15) is 0 Å². The van der Waals surface area contributed by atoms with Gasteiger partial charge in [-0.05, 0) is 6.92 Å². The largest absolute Gasteiger partial charge is 0.337 e. The molecule has 0 aliphatic carbocycles. The molecule has 0 spiro atoms. The van der Waals surface area contributed by atoms with E-state index in [9.17, 15) is 4.79 Å². The normalized spacial score (nSPS) is 8.00. The summed E-state index contributed by atoms with van der Waals surface area (Å²) in [6, 6.07) is 1.60. The van der Waals surface area contributed by atoms with Crippen LogP contribution in [0.25, 0.3) is 0 Å². The van der Waals surface area contributed by atoms with E-state index in [1.165, 1.54) is 0 Å². The van der Waals surface area contributed by atoms with Crippen molar-refractivity contribution in [2.45, 2.75) is 13.3 Å². The van der Waals surface area contributed by atoms with Crippen molar-refractivity contribution in [2.75, 3.05) is 6.54 Å². The third-order valence-corrected chi connectivity index (χ3v) is 0.849. The Morgan fingerprint density at radius 1 is 1.73 bits per heavy atom. The van der Waals surface area contributed by atoms with Crippen LogP contribution in [-0.2, 0) is 0 Å². The minimum absolute atomic E-state index is 0.312. The standard InChI is InChI=1S/C7H11N3O/c1-6(2)10-7(11)9-5-3-4-8/h1,3,5H2,2H3,(H2,9,10,11). The van der Waals surface area contributed by atoms with Crippen LogP contribution in [0.3, 0.4) is 0 Å². The van der Waals surface area contributed by atoms with Gasteiger partial charge in [0.25, 0.3) is 0 Å². The van der Waals surface area contributed by atoms with Crippen molar-refractivity contribution in [2.24, 2.45) is 0 Å². The number of carbonyl (C=O) groups is 1. The van der Waals surface area contributed by atoms with Gasteiger partial charge in [0, 0.05) is 12.2 Å². The number of nitriles is 1. The summed E-state index contributed by atoms with van der Waals surface area (Å²) in [5.41, 5.74) is 0.583. The van der Waals surface area contributed by atoms with Crippen LogP contribution in [0, 0.1) is 11.3 Å². The molecule has 60 valence electrons. The lowest BCUT2D eigenvalue weighted by atomic mass is 10.5. The molecule has 4 heteroatoms. The van der Waals surface area contributed by atoms with Crippen LogP contribution >= 0.6 is 0 Å². The number of amides is 2. The zero-order valence-corrected chi connectivity index (χ0v) is 6.48. The Bertz CT molecular complexity index is 192. The number of rotatable bonds is 3. The van der Waals surface area contributed by atoms with Crippen LogP contribution in [0.1, 0.15) is 13.3 Å². The topological polar surface area (TPSA) is 64.9 Å². The van der Waals surface area contributed by atoms with Gasteiger partial charge in [-0.1, -0.05) is 6.58 Å². The highest BCUT2D eigenvalue weighted by atomic mass is 16.2. The number of nitrogens with one attached hydrogen (secondary N) is 2. The molecular formula is C7H11N3O. The fraction of sp³-hybridized carbons (Fsp3) is 0.429. The molecule has 2 N–H and O–H groups in total. The van der Waals surface area contributed by atoms with E-state index in [1.807, 2.05) is 6.07 Å². The van der Waals surface area contributed by atoms with E-state index in [0.29, 0.717) is 18.7 Å². The Labute approximate surface area is 65.9 Å². The van der Waals surface area contributed by atoms with Gasteiger partial charge in [0.15, 0.2) is 0 Å². The number of allylic oxidation sites excluding steroid dienone is 1. The van der Waals surface area contributed by atoms with E-state index in [-0.39, 0.29) is 6.03 Å². The maximum atomic E-state index is 10.7. The van der Waals surface area contributed by atoms with Gasteiger partial charge in [0.2, 0.25) is 0 Å². The SMILES string of the molecule is C=C(C)NC(=O)NCCC#N. The van der Waals surface area contributed by atoms with Crippen molar-refractivity contribution in [3.05, 3.63) is 12.3 Å². The van der Waals surface area contributed by atoms with E-state index in [4.69, 9.17) is 5.26 Å². The van der Waals surface area contributed by atoms with E-state index >= 15 is 0 Å². The number of urea groups is 1. The molecular weight excluding hydrogens is 142 g/mol. The highest BCUT2D eigenvalue weighted by Crippen LogP contribution is 1.78. The van der Waals surface area contributed by atoms with Gasteiger partial charge in [-0.3, -0.25) is 0 Å². The second kappa shape index (κ2) is 5.30. The number of hydrogen-bond donors (Lipinski definition) is 2. The number of nitrogens with zero attached hydrogens (tertiary/aromatic N) is 1. The summed E-state index contributed by atoms with van der Waals surface area (Å²) in [5.74, 6) is 0. The van der Waals surface area contributed by atoms with Crippen LogP contribution in [0.15, 0.2) is 12.3 Å². The zero-order chi connectivity index (χ0) is 8.69. The molecule has 0 heterocycles. The summed E-state index contributed by atoms with van der Waals surface area (Å²) in [5, 5.41) is 13.1. The highest BCUT2D eigenvalue weighted by Gasteiger charge is 1.96. The Kier molecular flexibility index (Phi) is 4.58. The predicted molar refractivity (Wildman–Crippen MR) is 41.6 cm³/mol. The second-order valence-electron chi connectivity index (χ2n) is 2.07. The van der Waals surface area contributed by atoms with E-state index < -0.39 is 0 Å². The van der Waals surface area contributed by atoms with Crippen LogP contribution < -0.4 is 10.6 Å². The fourth-order valence-corrected chi connectivity index (χ4v) is 0.470. The maximum absolute atomic E-state index is 10.7. The smallest absolute Gasteiger partial charge is 0.318 e. The van der Waals surface area contributed by atoms with Gasteiger partial charge in [0.05, 0.1) is 12.5 Å². The molecule has 0 aromatic rings. The van der Waals surface area contributed by atoms with Crippen LogP contribution in [0.2, 0.25) is 0 Å². The molecule has 0 saturated heterocycles. The first kappa shape index (κ1) is 9.50. The van der Waals surface area contributed by atoms with E-state index in [2.05, 4.69) is 17.2 Å². The van der Waals surface area contributed by atoms with Gasteiger partial charge in [-0.25, -0.2) is 4.79 Å². The Morgan fingerprint density at radius 2 is 2.36 bits per heavy atom. The summed E-state index contributed by atoms with van der Waals surface area (Å²) in [4.78, 5) is 10.7. The molecule has 0 atom stereocenters. The molecule has 0 aromatic heterocycles. The molecule has 0 fully saturated rings. The summed E-state index contributed by atoms with van der Waals surface area (Å²) in [6.45, 7) is 5.54. The molecule has 0 bridgehead atoms. The monoisotopic (exact) mass is 153 g/mol. The first-order chi connectivity index (χ1) is 5.16. The molecule has 11 heavy (non-hydrogen) atoms. The number of hydrogen-bond acceptors (Lipinski definition) is 2. The van der Waals surface area contributed by atoms with Crippen LogP contribution in [0.4, 0.5) is 4.79 Å². The summed E-state index contributed by atoms with van der Waals surface area (Å²) in [6.07, 6.45) is 0.323. The summed E-state index contributed by atoms with van der Waals surface area (Å²) >= 11 is 0. The average Bonchev–Trinajstić information content (AvgIpc) is 1.86. The van der Waals surface area contributed by atoms with Crippen LogP contribution in [0.5, 0.6) is 0 Å². The molecule has 0 aliphatic heterocycles. The molecule has 0 rings (SSSR count). The molecule has 0 unspecified atom stereocenters. The van der Waals surface area contributed by atoms with Crippen molar-refractivity contribution in [3.63, 3.8) is 0 Å². The lowest BCUT2D eigenvalue weighted by Crippen LogP contribution is -2.34. The molecule has 0 radical (unpaired) electrons. The molecule has 0 aromatic carbocycles.